The molecule has 0 spiro atoms. The van der Waals surface area contributed by atoms with Crippen LogP contribution in [0.5, 0.6) is 0 Å². The van der Waals surface area contributed by atoms with Gasteiger partial charge in [-0.2, -0.15) is 0 Å². The van der Waals surface area contributed by atoms with Crippen molar-refractivity contribution in [3.8, 4) is 0 Å². The summed E-state index contributed by atoms with van der Waals surface area (Å²) >= 11 is 6.03. The van der Waals surface area contributed by atoms with Gasteiger partial charge in [0, 0.05) is 19.3 Å². The molecule has 0 atom stereocenters. The van der Waals surface area contributed by atoms with Gasteiger partial charge < -0.3 is 4.90 Å². The zero-order valence-electron chi connectivity index (χ0n) is 12.3. The zero-order valence-corrected chi connectivity index (χ0v) is 13.1. The minimum Gasteiger partial charge on any atom is -0.334 e. The van der Waals surface area contributed by atoms with Crippen molar-refractivity contribution >= 4 is 17.5 Å². The lowest BCUT2D eigenvalue weighted by molar-refractivity contribution is 0.0743. The summed E-state index contributed by atoms with van der Waals surface area (Å²) in [5, 5.41) is 0.257. The van der Waals surface area contributed by atoms with Crippen LogP contribution in [0.15, 0.2) is 42.6 Å². The highest BCUT2D eigenvalue weighted by Crippen LogP contribution is 2.16. The summed E-state index contributed by atoms with van der Waals surface area (Å²) in [5.41, 5.74) is 2.78. The first-order chi connectivity index (χ1) is 10.1. The highest BCUT2D eigenvalue weighted by molar-refractivity contribution is 6.32. The molecule has 1 amide bonds. The van der Waals surface area contributed by atoms with Crippen molar-refractivity contribution in [2.45, 2.75) is 26.8 Å². The van der Waals surface area contributed by atoms with Crippen LogP contribution < -0.4 is 0 Å². The van der Waals surface area contributed by atoms with Crippen molar-refractivity contribution in [1.82, 2.24) is 9.88 Å². The van der Waals surface area contributed by atoms with E-state index >= 15 is 0 Å². The van der Waals surface area contributed by atoms with Crippen LogP contribution >= 0.6 is 11.6 Å². The van der Waals surface area contributed by atoms with E-state index in [0.29, 0.717) is 18.7 Å². The minimum atomic E-state index is -0.0736. The number of rotatable bonds is 5. The SMILES string of the molecule is CCCN(Cc1ccc(C)cc1)C(=O)c1cccnc1Cl. The number of aryl methyl sites for hydroxylation is 1. The third-order valence-electron chi connectivity index (χ3n) is 3.26. The second kappa shape index (κ2) is 7.23. The van der Waals surface area contributed by atoms with E-state index in [2.05, 4.69) is 36.2 Å². The van der Waals surface area contributed by atoms with Crippen LogP contribution in [0.2, 0.25) is 5.15 Å². The molecular weight excluding hydrogens is 284 g/mol. The molecule has 0 bridgehead atoms. The van der Waals surface area contributed by atoms with E-state index in [1.807, 2.05) is 11.8 Å². The van der Waals surface area contributed by atoms with Crippen molar-refractivity contribution in [2.75, 3.05) is 6.54 Å². The lowest BCUT2D eigenvalue weighted by Gasteiger charge is -2.22. The Kier molecular flexibility index (Phi) is 5.34. The van der Waals surface area contributed by atoms with Crippen molar-refractivity contribution in [2.24, 2.45) is 0 Å². The molecule has 2 rings (SSSR count). The number of carbonyl (C=O) groups excluding carboxylic acids is 1. The summed E-state index contributed by atoms with van der Waals surface area (Å²) in [7, 11) is 0. The summed E-state index contributed by atoms with van der Waals surface area (Å²) in [6, 6.07) is 11.7. The van der Waals surface area contributed by atoms with E-state index in [-0.39, 0.29) is 11.1 Å². The highest BCUT2D eigenvalue weighted by atomic mass is 35.5. The van der Waals surface area contributed by atoms with Gasteiger partial charge in [0.25, 0.3) is 5.91 Å². The average Bonchev–Trinajstić information content (AvgIpc) is 2.49. The Labute approximate surface area is 130 Å². The first kappa shape index (κ1) is 15.5. The lowest BCUT2D eigenvalue weighted by Crippen LogP contribution is -2.31. The average molecular weight is 303 g/mol. The van der Waals surface area contributed by atoms with E-state index in [4.69, 9.17) is 11.6 Å². The first-order valence-corrected chi connectivity index (χ1v) is 7.45. The molecule has 110 valence electrons. The Morgan fingerprint density at radius 3 is 2.57 bits per heavy atom. The number of aromatic nitrogens is 1. The summed E-state index contributed by atoms with van der Waals surface area (Å²) in [5.74, 6) is -0.0736. The van der Waals surface area contributed by atoms with Crippen molar-refractivity contribution in [1.29, 1.82) is 0 Å². The number of hydrogen-bond acceptors (Lipinski definition) is 2. The fourth-order valence-corrected chi connectivity index (χ4v) is 2.35. The van der Waals surface area contributed by atoms with Gasteiger partial charge in [0.15, 0.2) is 0 Å². The van der Waals surface area contributed by atoms with Gasteiger partial charge in [0.2, 0.25) is 0 Å². The normalized spacial score (nSPS) is 10.4. The number of benzene rings is 1. The maximum atomic E-state index is 12.6. The third kappa shape index (κ3) is 4.05. The molecule has 0 unspecified atom stereocenters. The molecule has 0 fully saturated rings. The van der Waals surface area contributed by atoms with Crippen LogP contribution in [0.4, 0.5) is 0 Å². The summed E-state index contributed by atoms with van der Waals surface area (Å²) in [6.45, 7) is 5.38. The quantitative estimate of drug-likeness (QED) is 0.779. The second-order valence-corrected chi connectivity index (χ2v) is 5.41. The summed E-state index contributed by atoms with van der Waals surface area (Å²) < 4.78 is 0. The molecule has 2 aromatic rings. The molecule has 1 aromatic carbocycles. The third-order valence-corrected chi connectivity index (χ3v) is 3.57. The highest BCUT2D eigenvalue weighted by Gasteiger charge is 2.18. The van der Waals surface area contributed by atoms with Gasteiger partial charge in [-0.05, 0) is 31.0 Å². The van der Waals surface area contributed by atoms with Crippen LogP contribution in [0.1, 0.15) is 34.8 Å². The van der Waals surface area contributed by atoms with E-state index in [9.17, 15) is 4.79 Å². The van der Waals surface area contributed by atoms with Crippen LogP contribution in [0.25, 0.3) is 0 Å². The van der Waals surface area contributed by atoms with Gasteiger partial charge in [-0.3, -0.25) is 4.79 Å². The molecule has 0 N–H and O–H groups in total. The van der Waals surface area contributed by atoms with E-state index in [1.54, 1.807) is 18.3 Å². The number of amides is 1. The zero-order chi connectivity index (χ0) is 15.2. The van der Waals surface area contributed by atoms with E-state index < -0.39 is 0 Å². The minimum absolute atomic E-state index is 0.0736. The van der Waals surface area contributed by atoms with Crippen molar-refractivity contribution < 1.29 is 4.79 Å². The molecule has 0 saturated carbocycles. The lowest BCUT2D eigenvalue weighted by atomic mass is 10.1. The van der Waals surface area contributed by atoms with Gasteiger partial charge in [-0.1, -0.05) is 48.4 Å². The van der Waals surface area contributed by atoms with Gasteiger partial charge in [0.1, 0.15) is 5.15 Å². The molecule has 21 heavy (non-hydrogen) atoms. The number of hydrogen-bond donors (Lipinski definition) is 0. The number of pyridine rings is 1. The summed E-state index contributed by atoms with van der Waals surface area (Å²) in [4.78, 5) is 18.4. The Hall–Kier alpha value is -1.87. The Morgan fingerprint density at radius 1 is 1.24 bits per heavy atom. The van der Waals surface area contributed by atoms with Crippen LogP contribution in [-0.2, 0) is 6.54 Å². The smallest absolute Gasteiger partial charge is 0.257 e. The largest absolute Gasteiger partial charge is 0.334 e. The molecule has 0 aliphatic rings. The van der Waals surface area contributed by atoms with Crippen LogP contribution in [0.3, 0.4) is 0 Å². The maximum Gasteiger partial charge on any atom is 0.257 e. The van der Waals surface area contributed by atoms with Gasteiger partial charge >= 0.3 is 0 Å². The monoisotopic (exact) mass is 302 g/mol. The van der Waals surface area contributed by atoms with Crippen molar-refractivity contribution in [3.63, 3.8) is 0 Å². The molecule has 4 heteroatoms. The molecule has 0 saturated heterocycles. The van der Waals surface area contributed by atoms with Gasteiger partial charge in [0.05, 0.1) is 5.56 Å². The summed E-state index contributed by atoms with van der Waals surface area (Å²) in [6.07, 6.45) is 2.48. The number of nitrogens with zero attached hydrogens (tertiary/aromatic N) is 2. The molecule has 1 heterocycles. The van der Waals surface area contributed by atoms with E-state index in [1.165, 1.54) is 5.56 Å². The number of halogens is 1. The molecular formula is C17H19ClN2O. The molecule has 0 aliphatic heterocycles. The predicted octanol–water partition coefficient (Wildman–Crippen LogP) is 4.10. The van der Waals surface area contributed by atoms with Gasteiger partial charge in [-0.15, -0.1) is 0 Å². The standard InChI is InChI=1S/C17H19ClN2O/c1-3-11-20(12-14-8-6-13(2)7-9-14)17(21)15-5-4-10-19-16(15)18/h4-10H,3,11-12H2,1-2H3. The Morgan fingerprint density at radius 2 is 1.95 bits per heavy atom. The van der Waals surface area contributed by atoms with E-state index in [0.717, 1.165) is 12.0 Å². The Bertz CT molecular complexity index is 610. The van der Waals surface area contributed by atoms with Gasteiger partial charge in [-0.25, -0.2) is 4.98 Å². The maximum absolute atomic E-state index is 12.6. The van der Waals surface area contributed by atoms with Crippen molar-refractivity contribution in [3.05, 3.63) is 64.4 Å². The van der Waals surface area contributed by atoms with Crippen LogP contribution in [0, 0.1) is 6.92 Å². The topological polar surface area (TPSA) is 33.2 Å². The molecule has 3 nitrogen and oxygen atoms in total. The number of carbonyl (C=O) groups is 1. The molecule has 0 radical (unpaired) electrons. The second-order valence-electron chi connectivity index (χ2n) is 5.05. The fraction of sp³-hybridized carbons (Fsp3) is 0.294. The fourth-order valence-electron chi connectivity index (χ4n) is 2.15. The van der Waals surface area contributed by atoms with Crippen LogP contribution in [-0.4, -0.2) is 22.3 Å². The molecule has 1 aromatic heterocycles. The molecule has 0 aliphatic carbocycles. The first-order valence-electron chi connectivity index (χ1n) is 7.07. The Balaban J connectivity index is 2.20. The predicted molar refractivity (Wildman–Crippen MR) is 85.5 cm³/mol.